The second kappa shape index (κ2) is 8.85. The third-order valence-corrected chi connectivity index (χ3v) is 7.93. The molecule has 0 bridgehead atoms. The fourth-order valence-electron chi connectivity index (χ4n) is 5.80. The molecule has 0 unspecified atom stereocenters. The smallest absolute Gasteiger partial charge is 0.343 e. The molecule has 1 aliphatic carbocycles. The number of nitrogens with zero attached hydrogens (tertiary/aromatic N) is 3. The van der Waals surface area contributed by atoms with Gasteiger partial charge in [0.1, 0.15) is 13.2 Å². The number of hydrogen-bond donors (Lipinski definition) is 1. The first-order chi connectivity index (χ1) is 17.5. The van der Waals surface area contributed by atoms with Crippen LogP contribution in [0.25, 0.3) is 22.3 Å². The van der Waals surface area contributed by atoms with Crippen LogP contribution in [0.1, 0.15) is 67.7 Å². The Morgan fingerprint density at radius 2 is 2.03 bits per heavy atom. The molecule has 8 heteroatoms. The zero-order valence-corrected chi connectivity index (χ0v) is 20.3. The molecule has 1 N–H and O–H groups in total. The number of ether oxygens (including phenoxy) is 1. The Kier molecular flexibility index (Phi) is 5.63. The number of pyridine rings is 2. The summed E-state index contributed by atoms with van der Waals surface area (Å²) in [7, 11) is 0. The van der Waals surface area contributed by atoms with Crippen LogP contribution in [0, 0.1) is 5.92 Å². The molecule has 2 aromatic heterocycles. The number of para-hydroxylation sites is 1. The molecule has 186 valence electrons. The summed E-state index contributed by atoms with van der Waals surface area (Å²) in [5, 5.41) is 16.4. The maximum Gasteiger partial charge on any atom is 0.343 e. The van der Waals surface area contributed by atoms with Gasteiger partial charge < -0.3 is 19.2 Å². The van der Waals surface area contributed by atoms with Crippen LogP contribution < -0.4 is 5.56 Å². The van der Waals surface area contributed by atoms with E-state index in [9.17, 15) is 14.7 Å². The highest BCUT2D eigenvalue weighted by atomic mass is 16.6. The third-order valence-electron chi connectivity index (χ3n) is 7.93. The molecule has 6 rings (SSSR count). The third kappa shape index (κ3) is 3.54. The van der Waals surface area contributed by atoms with Gasteiger partial charge in [-0.15, -0.1) is 0 Å². The first-order valence-corrected chi connectivity index (χ1v) is 12.8. The van der Waals surface area contributed by atoms with Gasteiger partial charge in [-0.3, -0.25) is 4.79 Å². The van der Waals surface area contributed by atoms with Gasteiger partial charge in [0.25, 0.3) is 5.56 Å². The number of esters is 1. The van der Waals surface area contributed by atoms with Gasteiger partial charge in [-0.05, 0) is 37.3 Å². The molecule has 1 fully saturated rings. The first kappa shape index (κ1) is 22.9. The summed E-state index contributed by atoms with van der Waals surface area (Å²) in [5.41, 5.74) is 2.23. The van der Waals surface area contributed by atoms with Crippen LogP contribution in [0.2, 0.25) is 0 Å². The molecule has 0 saturated heterocycles. The van der Waals surface area contributed by atoms with E-state index in [1.807, 2.05) is 24.3 Å². The molecule has 36 heavy (non-hydrogen) atoms. The van der Waals surface area contributed by atoms with Crippen molar-refractivity contribution in [2.75, 3.05) is 6.61 Å². The van der Waals surface area contributed by atoms with Gasteiger partial charge in [-0.25, -0.2) is 9.78 Å². The molecule has 1 atom stereocenters. The van der Waals surface area contributed by atoms with E-state index in [2.05, 4.69) is 5.16 Å². The normalized spacial score (nSPS) is 21.3. The number of fused-ring (bicyclic) bond motifs is 5. The lowest BCUT2D eigenvalue weighted by molar-refractivity contribution is -0.172. The van der Waals surface area contributed by atoms with Crippen molar-refractivity contribution in [1.82, 2.24) is 9.55 Å². The molecule has 4 heterocycles. The van der Waals surface area contributed by atoms with Gasteiger partial charge in [-0.1, -0.05) is 49.5 Å². The number of carbonyl (C=O) groups excluding carboxylic acids is 1. The van der Waals surface area contributed by atoms with E-state index in [-0.39, 0.29) is 18.6 Å². The lowest BCUT2D eigenvalue weighted by atomic mass is 9.86. The Hall–Kier alpha value is -3.52. The van der Waals surface area contributed by atoms with Gasteiger partial charge in [0.05, 0.1) is 35.2 Å². The highest BCUT2D eigenvalue weighted by Crippen LogP contribution is 2.39. The summed E-state index contributed by atoms with van der Waals surface area (Å²) in [4.78, 5) is 36.5. The maximum atomic E-state index is 13.5. The predicted octanol–water partition coefficient (Wildman–Crippen LogP) is 4.01. The Bertz CT molecular complexity index is 1450. The van der Waals surface area contributed by atoms with E-state index < -0.39 is 11.6 Å². The fraction of sp³-hybridized carbons (Fsp3) is 0.429. The fourth-order valence-corrected chi connectivity index (χ4v) is 5.80. The Balaban J connectivity index is 1.44. The summed E-state index contributed by atoms with van der Waals surface area (Å²) in [5.74, 6) is -0.179. The highest BCUT2D eigenvalue weighted by molar-refractivity contribution is 6.02. The SMILES string of the molecule is CC[C@@]1(O)C(=O)OCc2c1cc1n(c2=O)Cc2c-1nc1ccccc1c2C=NOCC1CCCCC1. The Morgan fingerprint density at radius 1 is 1.22 bits per heavy atom. The zero-order valence-electron chi connectivity index (χ0n) is 20.3. The quantitative estimate of drug-likeness (QED) is 0.259. The van der Waals surface area contributed by atoms with Crippen LogP contribution in [0.3, 0.4) is 0 Å². The minimum absolute atomic E-state index is 0.107. The van der Waals surface area contributed by atoms with Gasteiger partial charge in [0.15, 0.2) is 5.60 Å². The summed E-state index contributed by atoms with van der Waals surface area (Å²) in [6.07, 6.45) is 8.01. The Morgan fingerprint density at radius 3 is 2.83 bits per heavy atom. The lowest BCUT2D eigenvalue weighted by Crippen LogP contribution is -2.44. The van der Waals surface area contributed by atoms with Crippen molar-refractivity contribution < 1.29 is 19.5 Å². The molecule has 1 aromatic carbocycles. The van der Waals surface area contributed by atoms with Crippen molar-refractivity contribution in [2.24, 2.45) is 11.1 Å². The summed E-state index contributed by atoms with van der Waals surface area (Å²) in [6, 6.07) is 9.52. The molecule has 8 nitrogen and oxygen atoms in total. The summed E-state index contributed by atoms with van der Waals surface area (Å²) in [6.45, 7) is 2.47. The van der Waals surface area contributed by atoms with Crippen molar-refractivity contribution in [2.45, 2.75) is 64.2 Å². The Labute approximate surface area is 208 Å². The standard InChI is InChI=1S/C28H29N3O5/c1-2-28(34)22-12-24-25-20(14-31(24)26(32)21(22)16-35-27(28)33)19(18-10-6-7-11-23(18)30-25)13-29-36-15-17-8-4-3-5-9-17/h6-7,10-13,17,34H,2-5,8-9,14-16H2,1H3/t28-/m0/s1. The van der Waals surface area contributed by atoms with Crippen LogP contribution in [0.4, 0.5) is 0 Å². The van der Waals surface area contributed by atoms with Crippen molar-refractivity contribution in [1.29, 1.82) is 0 Å². The number of aliphatic hydroxyl groups is 1. The monoisotopic (exact) mass is 487 g/mol. The predicted molar refractivity (Wildman–Crippen MR) is 135 cm³/mol. The number of benzene rings is 1. The van der Waals surface area contributed by atoms with Crippen molar-refractivity contribution in [3.8, 4) is 11.4 Å². The molecule has 2 aliphatic heterocycles. The number of hydrogen-bond acceptors (Lipinski definition) is 7. The number of cyclic esters (lactones) is 1. The summed E-state index contributed by atoms with van der Waals surface area (Å²) >= 11 is 0. The molecule has 0 amide bonds. The zero-order chi connectivity index (χ0) is 24.9. The molecule has 3 aliphatic rings. The molecule has 0 spiro atoms. The molecular formula is C28H29N3O5. The molecule has 1 saturated carbocycles. The number of oxime groups is 1. The second-order valence-corrected chi connectivity index (χ2v) is 10.0. The minimum atomic E-state index is -1.85. The van der Waals surface area contributed by atoms with Crippen LogP contribution in [0.15, 0.2) is 40.3 Å². The number of carbonyl (C=O) groups is 1. The van der Waals surface area contributed by atoms with E-state index in [1.165, 1.54) is 32.1 Å². The van der Waals surface area contributed by atoms with Crippen LogP contribution >= 0.6 is 0 Å². The van der Waals surface area contributed by atoms with Crippen molar-refractivity contribution >= 4 is 23.1 Å². The van der Waals surface area contributed by atoms with Crippen LogP contribution in [-0.2, 0) is 33.1 Å². The summed E-state index contributed by atoms with van der Waals surface area (Å²) < 4.78 is 6.82. The molecule has 3 aromatic rings. The van der Waals surface area contributed by atoms with Crippen molar-refractivity contribution in [3.63, 3.8) is 0 Å². The topological polar surface area (TPSA) is 103 Å². The van der Waals surface area contributed by atoms with Gasteiger partial charge in [0.2, 0.25) is 0 Å². The van der Waals surface area contributed by atoms with Gasteiger partial charge in [-0.2, -0.15) is 0 Å². The van der Waals surface area contributed by atoms with E-state index in [0.717, 1.165) is 22.0 Å². The average molecular weight is 488 g/mol. The van der Waals surface area contributed by atoms with Gasteiger partial charge >= 0.3 is 5.97 Å². The number of rotatable bonds is 5. The maximum absolute atomic E-state index is 13.5. The van der Waals surface area contributed by atoms with Crippen LogP contribution in [0.5, 0.6) is 0 Å². The van der Waals surface area contributed by atoms with E-state index in [4.69, 9.17) is 14.6 Å². The average Bonchev–Trinajstić information content (AvgIpc) is 3.28. The van der Waals surface area contributed by atoms with E-state index >= 15 is 0 Å². The lowest BCUT2D eigenvalue weighted by Gasteiger charge is -2.31. The highest BCUT2D eigenvalue weighted by Gasteiger charge is 2.45. The molecule has 0 radical (unpaired) electrons. The van der Waals surface area contributed by atoms with E-state index in [0.29, 0.717) is 41.6 Å². The van der Waals surface area contributed by atoms with E-state index in [1.54, 1.807) is 23.8 Å². The largest absolute Gasteiger partial charge is 0.458 e. The minimum Gasteiger partial charge on any atom is -0.458 e. The first-order valence-electron chi connectivity index (χ1n) is 12.8. The van der Waals surface area contributed by atoms with Crippen LogP contribution in [-0.4, -0.2) is 33.4 Å². The van der Waals surface area contributed by atoms with Gasteiger partial charge in [0, 0.05) is 22.1 Å². The molecular weight excluding hydrogens is 458 g/mol. The second-order valence-electron chi connectivity index (χ2n) is 10.0. The van der Waals surface area contributed by atoms with Crippen molar-refractivity contribution in [3.05, 3.63) is 62.9 Å². The number of aromatic nitrogens is 2.